The van der Waals surface area contributed by atoms with Crippen molar-refractivity contribution in [2.75, 3.05) is 13.7 Å². The Morgan fingerprint density at radius 1 is 0.857 bits per heavy atom. The van der Waals surface area contributed by atoms with E-state index in [9.17, 15) is 4.79 Å². The van der Waals surface area contributed by atoms with Gasteiger partial charge in [-0.15, -0.1) is 0 Å². The second-order valence-electron chi connectivity index (χ2n) is 8.17. The highest BCUT2D eigenvalue weighted by atomic mass is 16.6. The molecule has 4 aromatic rings. The number of ether oxygens (including phenoxy) is 3. The maximum absolute atomic E-state index is 12.7. The molecule has 4 aromatic carbocycles. The summed E-state index contributed by atoms with van der Waals surface area (Å²) >= 11 is 0. The third kappa shape index (κ3) is 6.48. The maximum atomic E-state index is 12.7. The van der Waals surface area contributed by atoms with E-state index in [4.69, 9.17) is 14.2 Å². The second kappa shape index (κ2) is 11.8. The molecule has 0 unspecified atom stereocenters. The third-order valence-corrected chi connectivity index (χ3v) is 5.59. The first-order valence-corrected chi connectivity index (χ1v) is 11.8. The fourth-order valence-corrected chi connectivity index (χ4v) is 3.64. The Hall–Kier alpha value is -4.12. The normalized spacial score (nSPS) is 11.0. The Morgan fingerprint density at radius 3 is 2.43 bits per heavy atom. The average Bonchev–Trinajstić information content (AvgIpc) is 2.90. The summed E-state index contributed by atoms with van der Waals surface area (Å²) < 4.78 is 16.8. The van der Waals surface area contributed by atoms with Crippen molar-refractivity contribution in [1.29, 1.82) is 0 Å². The first kappa shape index (κ1) is 24.0. The Bertz CT molecular complexity index is 1310. The van der Waals surface area contributed by atoms with E-state index in [-0.39, 0.29) is 0 Å². The zero-order valence-electron chi connectivity index (χ0n) is 20.1. The molecule has 0 aromatic heterocycles. The van der Waals surface area contributed by atoms with Crippen LogP contribution in [0.15, 0.2) is 89.9 Å². The first-order valence-electron chi connectivity index (χ1n) is 11.8. The molecule has 5 heteroatoms. The predicted octanol–water partition coefficient (Wildman–Crippen LogP) is 7.39. The highest BCUT2D eigenvalue weighted by Crippen LogP contribution is 2.29. The van der Waals surface area contributed by atoms with E-state index < -0.39 is 5.97 Å². The summed E-state index contributed by atoms with van der Waals surface area (Å²) in [5, 5.41) is 2.31. The van der Waals surface area contributed by atoms with Crippen LogP contribution in [0.5, 0.6) is 17.2 Å². The van der Waals surface area contributed by atoms with Crippen molar-refractivity contribution in [3.63, 3.8) is 0 Å². The highest BCUT2D eigenvalue weighted by molar-refractivity contribution is 5.92. The zero-order valence-corrected chi connectivity index (χ0v) is 20.1. The van der Waals surface area contributed by atoms with Gasteiger partial charge in [-0.05, 0) is 77.4 Å². The van der Waals surface area contributed by atoms with E-state index in [1.165, 1.54) is 5.39 Å². The van der Waals surface area contributed by atoms with Gasteiger partial charge < -0.3 is 14.2 Å². The SMILES string of the molecule is CCCCCOc1ccc(C(=O)Oc2ccc(C=Nc3ccc4ccccc4c3)cc2OC)cc1. The second-order valence-corrected chi connectivity index (χ2v) is 8.17. The lowest BCUT2D eigenvalue weighted by atomic mass is 10.1. The lowest BCUT2D eigenvalue weighted by Gasteiger charge is -2.10. The number of methoxy groups -OCH3 is 1. The van der Waals surface area contributed by atoms with Gasteiger partial charge in [-0.2, -0.15) is 0 Å². The van der Waals surface area contributed by atoms with Gasteiger partial charge in [0.05, 0.1) is 25.0 Å². The summed E-state index contributed by atoms with van der Waals surface area (Å²) in [5.74, 6) is 1.08. The van der Waals surface area contributed by atoms with E-state index in [1.54, 1.807) is 49.7 Å². The minimum Gasteiger partial charge on any atom is -0.494 e. The van der Waals surface area contributed by atoms with Crippen LogP contribution in [-0.4, -0.2) is 25.9 Å². The van der Waals surface area contributed by atoms with Crippen LogP contribution in [0.4, 0.5) is 5.69 Å². The number of benzene rings is 4. The quantitative estimate of drug-likeness (QED) is 0.106. The average molecular weight is 468 g/mol. The van der Waals surface area contributed by atoms with Crippen LogP contribution in [-0.2, 0) is 0 Å². The van der Waals surface area contributed by atoms with Crippen molar-refractivity contribution >= 4 is 28.6 Å². The third-order valence-electron chi connectivity index (χ3n) is 5.59. The number of rotatable bonds is 10. The Morgan fingerprint density at radius 2 is 1.66 bits per heavy atom. The molecule has 0 fully saturated rings. The zero-order chi connectivity index (χ0) is 24.5. The molecule has 0 saturated carbocycles. The smallest absolute Gasteiger partial charge is 0.343 e. The molecule has 0 atom stereocenters. The number of carbonyl (C=O) groups excluding carboxylic acids is 1. The standard InChI is InChI=1S/C30H29NO4/c1-3-4-7-18-34-27-15-12-24(13-16-27)30(32)35-28-17-10-22(19-29(28)33-2)21-31-26-14-11-23-8-5-6-9-25(23)20-26/h5-6,8-17,19-21H,3-4,7,18H2,1-2H3. The summed E-state index contributed by atoms with van der Waals surface area (Å²) in [6.45, 7) is 2.83. The van der Waals surface area contributed by atoms with Gasteiger partial charge in [0, 0.05) is 6.21 Å². The van der Waals surface area contributed by atoms with Gasteiger partial charge in [-0.3, -0.25) is 4.99 Å². The minimum absolute atomic E-state index is 0.347. The molecule has 0 N–H and O–H groups in total. The minimum atomic E-state index is -0.460. The molecule has 0 amide bonds. The molecule has 0 radical (unpaired) electrons. The van der Waals surface area contributed by atoms with Crippen molar-refractivity contribution in [1.82, 2.24) is 0 Å². The van der Waals surface area contributed by atoms with Gasteiger partial charge in [-0.1, -0.05) is 50.1 Å². The first-order chi connectivity index (χ1) is 17.2. The Labute approximate surface area is 206 Å². The fourth-order valence-electron chi connectivity index (χ4n) is 3.64. The topological polar surface area (TPSA) is 57.1 Å². The summed E-state index contributed by atoms with van der Waals surface area (Å²) in [4.78, 5) is 17.2. The van der Waals surface area contributed by atoms with Crippen molar-refractivity contribution < 1.29 is 19.0 Å². The van der Waals surface area contributed by atoms with Crippen molar-refractivity contribution in [3.8, 4) is 17.2 Å². The number of hydrogen-bond donors (Lipinski definition) is 0. The van der Waals surface area contributed by atoms with Crippen LogP contribution in [0.2, 0.25) is 0 Å². The van der Waals surface area contributed by atoms with Crippen LogP contribution < -0.4 is 14.2 Å². The van der Waals surface area contributed by atoms with Gasteiger partial charge in [0.1, 0.15) is 5.75 Å². The summed E-state index contributed by atoms with van der Waals surface area (Å²) in [7, 11) is 1.54. The number of unbranched alkanes of at least 4 members (excludes halogenated alkanes) is 2. The van der Waals surface area contributed by atoms with Gasteiger partial charge in [0.2, 0.25) is 0 Å². The molecule has 35 heavy (non-hydrogen) atoms. The number of carbonyl (C=O) groups is 1. The number of hydrogen-bond acceptors (Lipinski definition) is 5. The van der Waals surface area contributed by atoms with Crippen molar-refractivity contribution in [2.24, 2.45) is 4.99 Å². The molecule has 0 heterocycles. The highest BCUT2D eigenvalue weighted by Gasteiger charge is 2.13. The fraction of sp³-hybridized carbons (Fsp3) is 0.200. The van der Waals surface area contributed by atoms with Crippen LogP contribution in [0.25, 0.3) is 10.8 Å². The Kier molecular flexibility index (Phi) is 8.12. The summed E-state index contributed by atoms with van der Waals surface area (Å²) in [6, 6.07) is 26.6. The molecule has 0 saturated heterocycles. The molecule has 0 aliphatic heterocycles. The number of nitrogens with zero attached hydrogens (tertiary/aromatic N) is 1. The van der Waals surface area contributed by atoms with E-state index in [1.807, 2.05) is 30.3 Å². The lowest BCUT2D eigenvalue weighted by molar-refractivity contribution is 0.0729. The molecule has 178 valence electrons. The molecule has 0 bridgehead atoms. The Balaban J connectivity index is 1.41. The van der Waals surface area contributed by atoms with Crippen LogP contribution in [0.1, 0.15) is 42.1 Å². The molecule has 0 spiro atoms. The number of fused-ring (bicyclic) bond motifs is 1. The molecule has 5 nitrogen and oxygen atoms in total. The molecule has 4 rings (SSSR count). The number of aliphatic imine (C=N–C) groups is 1. The molecule has 0 aliphatic carbocycles. The van der Waals surface area contributed by atoms with E-state index in [2.05, 4.69) is 30.1 Å². The number of esters is 1. The van der Waals surface area contributed by atoms with Crippen molar-refractivity contribution in [2.45, 2.75) is 26.2 Å². The van der Waals surface area contributed by atoms with Crippen LogP contribution in [0.3, 0.4) is 0 Å². The van der Waals surface area contributed by atoms with E-state index in [0.717, 1.165) is 41.6 Å². The van der Waals surface area contributed by atoms with E-state index >= 15 is 0 Å². The lowest BCUT2D eigenvalue weighted by Crippen LogP contribution is -2.09. The van der Waals surface area contributed by atoms with Gasteiger partial charge >= 0.3 is 5.97 Å². The van der Waals surface area contributed by atoms with Crippen LogP contribution in [0, 0.1) is 0 Å². The molecular weight excluding hydrogens is 438 g/mol. The van der Waals surface area contributed by atoms with Gasteiger partial charge in [0.15, 0.2) is 11.5 Å². The molecular formula is C30H29NO4. The van der Waals surface area contributed by atoms with Crippen LogP contribution >= 0.6 is 0 Å². The molecule has 0 aliphatic rings. The van der Waals surface area contributed by atoms with E-state index in [0.29, 0.717) is 23.7 Å². The summed E-state index contributed by atoms with van der Waals surface area (Å²) in [5.41, 5.74) is 2.13. The van der Waals surface area contributed by atoms with Gasteiger partial charge in [-0.25, -0.2) is 4.79 Å². The maximum Gasteiger partial charge on any atom is 0.343 e. The van der Waals surface area contributed by atoms with Crippen molar-refractivity contribution in [3.05, 3.63) is 96.1 Å². The predicted molar refractivity (Wildman–Crippen MR) is 141 cm³/mol. The summed E-state index contributed by atoms with van der Waals surface area (Å²) in [6.07, 6.45) is 5.07. The largest absolute Gasteiger partial charge is 0.494 e. The monoisotopic (exact) mass is 467 g/mol. The van der Waals surface area contributed by atoms with Gasteiger partial charge in [0.25, 0.3) is 0 Å².